The fourth-order valence-electron chi connectivity index (χ4n) is 10.4. The topological polar surface area (TPSA) is 497 Å². The van der Waals surface area contributed by atoms with E-state index in [1.807, 2.05) is 27.7 Å². The molecule has 1 aromatic carbocycles. The first-order valence-corrected chi connectivity index (χ1v) is 27.8. The SMILES string of the molecule is CC[C@@H](CO)NCCN[C@@H](CC)CO.C[C@@H]1CN(c2c(F)c(N)c3c(=O)c(C(=O)O)cn(C4CC4)c3c2F)C[C@H](C)N1.NCCC(O)C(=O)N[C@@H]1C[C@H](N)C(O[C@H]2O[C@H](CN)[C@@H](O)[C@H](O)[C@H]2O)[C@H](O)[C@H]1O[C@H]1O[C@H](CO)[C@@H](O)[C@H](N)[C@H]1O. The number of nitrogens with one attached hydrogen (secondary N) is 4. The third kappa shape index (κ3) is 16.5. The average Bonchev–Trinajstić information content (AvgIpc) is 3.74. The Morgan fingerprint density at radius 2 is 1.38 bits per heavy atom. The van der Waals surface area contributed by atoms with E-state index in [4.69, 9.17) is 57.8 Å². The van der Waals surface area contributed by atoms with E-state index < -0.39 is 150 Å². The van der Waals surface area contributed by atoms with Crippen LogP contribution in [-0.2, 0) is 23.7 Å². The van der Waals surface area contributed by atoms with Crippen LogP contribution in [0.25, 0.3) is 10.9 Å². The molecule has 0 radical (unpaired) electrons. The fourth-order valence-corrected chi connectivity index (χ4v) is 10.4. The molecule has 31 heteroatoms. The van der Waals surface area contributed by atoms with E-state index in [1.54, 1.807) is 4.90 Å². The van der Waals surface area contributed by atoms with Gasteiger partial charge in [0.05, 0.1) is 48.5 Å². The number of carbonyl (C=O) groups excluding carboxylic acids is 1. The number of hydrogen-bond acceptors (Lipinski definition) is 26. The third-order valence-electron chi connectivity index (χ3n) is 15.3. The standard InChI is InChI=1S/C22H43N5O13.C19H22F2N4O3.C10H24N2O2/c23-2-1-8(29)20(36)27-7-3-6(25)18(39-22-16(34)15(33)13(31)9(4-24)37-22)17(35)19(7)40-21-14(32)11(26)12(30)10(5-28)38-21;1-8-5-24(6-9(2)23-8)17-13(20)15(22)12-16(14(17)21)25(10-3-4-10)7-11(18(12)26)19(27)28;1-3-9(7-13)11-5-6-12-10(4-2)8-14/h6-19,21-22,28-35H,1-5,23-26H2,(H,27,36);7-10,23H,3-6,22H2,1-2H3,(H,27,28);9-14H,3-8H2,1-2H3/t6-,7+,8?,9+,10+,11-,12+,13+,14+,15-,16+,17-,18?,19-,21+,22+;8-,9+;9-,10-/m0.0/s1. The van der Waals surface area contributed by atoms with Crippen molar-refractivity contribution in [1.29, 1.82) is 0 Å². The molecule has 3 saturated heterocycles. The van der Waals surface area contributed by atoms with E-state index in [1.165, 1.54) is 4.57 Å². The molecule has 2 saturated carbocycles. The molecule has 1 aromatic heterocycles. The zero-order valence-electron chi connectivity index (χ0n) is 46.6. The van der Waals surface area contributed by atoms with Crippen molar-refractivity contribution in [2.45, 2.75) is 194 Å². The van der Waals surface area contributed by atoms with E-state index in [2.05, 4.69) is 21.3 Å². The van der Waals surface area contributed by atoms with Gasteiger partial charge in [-0.2, -0.15) is 0 Å². The van der Waals surface area contributed by atoms with E-state index in [-0.39, 0.29) is 80.6 Å². The number of anilines is 2. The highest BCUT2D eigenvalue weighted by Gasteiger charge is 2.53. The van der Waals surface area contributed by atoms with Crippen LogP contribution in [0.1, 0.15) is 82.6 Å². The van der Waals surface area contributed by atoms with Gasteiger partial charge < -0.3 is 135 Å². The van der Waals surface area contributed by atoms with Gasteiger partial charge in [0.25, 0.3) is 0 Å². The number of piperazine rings is 1. The molecule has 3 aliphatic heterocycles. The number of nitrogen functional groups attached to an aromatic ring is 1. The lowest BCUT2D eigenvalue weighted by atomic mass is 9.83. The molecular weight excluding hydrogens is 1090 g/mol. The lowest BCUT2D eigenvalue weighted by molar-refractivity contribution is -0.332. The molecule has 29 nitrogen and oxygen atoms in total. The Morgan fingerprint density at radius 1 is 0.817 bits per heavy atom. The van der Waals surface area contributed by atoms with Crippen LogP contribution in [0.3, 0.4) is 0 Å². The molecule has 7 rings (SSSR count). The molecule has 1 amide bonds. The van der Waals surface area contributed by atoms with Crippen molar-refractivity contribution in [3.63, 3.8) is 0 Å². The number of aliphatic hydroxyl groups excluding tert-OH is 10. The molecule has 2 aliphatic carbocycles. The van der Waals surface area contributed by atoms with E-state index in [9.17, 15) is 60.3 Å². The molecule has 0 bridgehead atoms. The number of hydrogen-bond donors (Lipinski definition) is 20. The first kappa shape index (κ1) is 68.8. The normalized spacial score (nSPS) is 33.3. The molecule has 4 heterocycles. The minimum absolute atomic E-state index is 0.0101. The van der Waals surface area contributed by atoms with E-state index in [0.29, 0.717) is 13.1 Å². The van der Waals surface area contributed by atoms with Crippen molar-refractivity contribution in [3.8, 4) is 0 Å². The summed E-state index contributed by atoms with van der Waals surface area (Å²) in [6.07, 6.45) is -15.3. The summed E-state index contributed by atoms with van der Waals surface area (Å²) in [7, 11) is 0. The summed E-state index contributed by atoms with van der Waals surface area (Å²) in [4.78, 5) is 38.3. The number of nitrogens with two attached hydrogens (primary N) is 5. The van der Waals surface area contributed by atoms with E-state index in [0.717, 1.165) is 45.0 Å². The van der Waals surface area contributed by atoms with Crippen LogP contribution in [0, 0.1) is 11.6 Å². The quantitative estimate of drug-likeness (QED) is 0.0385. The Labute approximate surface area is 473 Å². The van der Waals surface area contributed by atoms with Gasteiger partial charge in [0.1, 0.15) is 78.4 Å². The zero-order chi connectivity index (χ0) is 61.0. The largest absolute Gasteiger partial charge is 0.477 e. The van der Waals surface area contributed by atoms with Crippen LogP contribution in [0.2, 0.25) is 0 Å². The summed E-state index contributed by atoms with van der Waals surface area (Å²) in [6.45, 7) is 9.82. The Bertz CT molecular complexity index is 2390. The first-order valence-electron chi connectivity index (χ1n) is 27.8. The van der Waals surface area contributed by atoms with E-state index >= 15 is 8.78 Å². The fraction of sp³-hybridized carbons (Fsp3) is 0.784. The molecule has 5 aliphatic rings. The van der Waals surface area contributed by atoms with Crippen LogP contribution >= 0.6 is 0 Å². The molecule has 5 fully saturated rings. The van der Waals surface area contributed by atoms with Gasteiger partial charge in [-0.1, -0.05) is 13.8 Å². The predicted molar refractivity (Wildman–Crippen MR) is 292 cm³/mol. The Hall–Kier alpha value is -4.01. The summed E-state index contributed by atoms with van der Waals surface area (Å²) in [5.41, 5.74) is 26.6. The van der Waals surface area contributed by atoms with Crippen LogP contribution in [0.4, 0.5) is 20.2 Å². The van der Waals surface area contributed by atoms with Gasteiger partial charge in [-0.3, -0.25) is 9.59 Å². The number of carboxylic acids is 1. The van der Waals surface area contributed by atoms with Crippen molar-refractivity contribution >= 4 is 34.2 Å². The number of fused-ring (bicyclic) bond motifs is 1. The lowest BCUT2D eigenvalue weighted by Crippen LogP contribution is -2.69. The summed E-state index contributed by atoms with van der Waals surface area (Å²) < 4.78 is 54.8. The summed E-state index contributed by atoms with van der Waals surface area (Å²) in [6, 6.07) is -3.16. The summed E-state index contributed by atoms with van der Waals surface area (Å²) in [5, 5.41) is 121. The number of pyridine rings is 1. The number of carboxylic acid groups (broad SMARTS) is 1. The number of amides is 1. The number of aliphatic hydroxyl groups is 10. The van der Waals surface area contributed by atoms with Gasteiger partial charge >= 0.3 is 5.97 Å². The minimum Gasteiger partial charge on any atom is -0.477 e. The smallest absolute Gasteiger partial charge is 0.341 e. The van der Waals surface area contributed by atoms with Crippen molar-refractivity contribution in [1.82, 2.24) is 25.8 Å². The second-order valence-corrected chi connectivity index (χ2v) is 21.6. The number of aromatic nitrogens is 1. The van der Waals surface area contributed by atoms with Crippen LogP contribution in [0.5, 0.6) is 0 Å². The number of rotatable bonds is 22. The highest BCUT2D eigenvalue weighted by molar-refractivity contribution is 6.00. The van der Waals surface area contributed by atoms with Gasteiger partial charge in [0, 0.05) is 75.2 Å². The highest BCUT2D eigenvalue weighted by Crippen LogP contribution is 2.42. The monoisotopic (exact) mass is 1180 g/mol. The summed E-state index contributed by atoms with van der Waals surface area (Å²) >= 11 is 0. The molecule has 470 valence electrons. The van der Waals surface area contributed by atoms with Crippen molar-refractivity contribution < 1.29 is 93.5 Å². The van der Waals surface area contributed by atoms with Gasteiger partial charge in [0.15, 0.2) is 24.2 Å². The van der Waals surface area contributed by atoms with Gasteiger partial charge in [-0.25, -0.2) is 13.6 Å². The molecule has 2 unspecified atom stereocenters. The molecular formula is C51H89F2N11O18. The van der Waals surface area contributed by atoms with Crippen LogP contribution in [-0.4, -0.2) is 254 Å². The molecule has 20 atom stereocenters. The Balaban J connectivity index is 0.000000253. The maximum Gasteiger partial charge on any atom is 0.341 e. The minimum atomic E-state index is -1.76. The lowest BCUT2D eigenvalue weighted by Gasteiger charge is -2.49. The molecule has 2 aromatic rings. The second kappa shape index (κ2) is 31.4. The van der Waals surface area contributed by atoms with Gasteiger partial charge in [0.2, 0.25) is 11.3 Å². The maximum atomic E-state index is 15.6. The van der Waals surface area contributed by atoms with Crippen molar-refractivity contribution in [2.75, 3.05) is 69.7 Å². The van der Waals surface area contributed by atoms with Crippen molar-refractivity contribution in [2.24, 2.45) is 22.9 Å². The molecule has 25 N–H and O–H groups in total. The Morgan fingerprint density at radius 3 is 1.89 bits per heavy atom. The second-order valence-electron chi connectivity index (χ2n) is 21.6. The number of ether oxygens (including phenoxy) is 4. The number of benzene rings is 1. The average molecular weight is 1180 g/mol. The number of carbonyl (C=O) groups is 2. The van der Waals surface area contributed by atoms with Gasteiger partial charge in [-0.15, -0.1) is 0 Å². The predicted octanol–water partition coefficient (Wildman–Crippen LogP) is -6.64. The number of halogens is 2. The zero-order valence-corrected chi connectivity index (χ0v) is 46.6. The Kier molecular flexibility index (Phi) is 26.3. The molecule has 82 heavy (non-hydrogen) atoms. The third-order valence-corrected chi connectivity index (χ3v) is 15.3. The first-order chi connectivity index (χ1) is 38.8. The number of nitrogens with zero attached hydrogens (tertiary/aromatic N) is 2. The maximum absolute atomic E-state index is 15.6. The summed E-state index contributed by atoms with van der Waals surface area (Å²) in [5.74, 6) is -4.19. The van der Waals surface area contributed by atoms with Gasteiger partial charge in [-0.05, 0) is 58.9 Å². The number of aromatic carboxylic acids is 1. The van der Waals surface area contributed by atoms with Crippen LogP contribution in [0.15, 0.2) is 11.0 Å². The van der Waals surface area contributed by atoms with Crippen LogP contribution < -0.4 is 60.3 Å². The highest BCUT2D eigenvalue weighted by atomic mass is 19.1. The molecule has 0 spiro atoms. The van der Waals surface area contributed by atoms with Crippen molar-refractivity contribution in [3.05, 3.63) is 33.6 Å².